The zero-order valence-electron chi connectivity index (χ0n) is 12.1. The van der Waals surface area contributed by atoms with E-state index in [1.54, 1.807) is 0 Å². The highest BCUT2D eigenvalue weighted by molar-refractivity contribution is 5.43. The van der Waals surface area contributed by atoms with Gasteiger partial charge in [0.05, 0.1) is 12.6 Å². The molecule has 0 aromatic heterocycles. The number of hydrogen-bond donors (Lipinski definition) is 1. The summed E-state index contributed by atoms with van der Waals surface area (Å²) in [5, 5.41) is 3.44. The molecule has 1 atom stereocenters. The van der Waals surface area contributed by atoms with Crippen molar-refractivity contribution in [3.8, 4) is 5.75 Å². The van der Waals surface area contributed by atoms with Crippen LogP contribution in [0, 0.1) is 6.92 Å². The Bertz CT molecular complexity index is 606. The highest BCUT2D eigenvalue weighted by atomic mass is 16.5. The van der Waals surface area contributed by atoms with Crippen LogP contribution in [-0.2, 0) is 6.42 Å². The molecule has 0 spiro atoms. The van der Waals surface area contributed by atoms with Crippen molar-refractivity contribution >= 4 is 0 Å². The molecule has 3 rings (SSSR count). The zero-order valence-corrected chi connectivity index (χ0v) is 12.1. The number of aryl methyl sites for hydroxylation is 2. The van der Waals surface area contributed by atoms with Crippen LogP contribution in [0.3, 0.4) is 0 Å². The molecule has 0 aliphatic carbocycles. The van der Waals surface area contributed by atoms with Crippen molar-refractivity contribution in [2.24, 2.45) is 0 Å². The molecule has 1 aliphatic heterocycles. The Kier molecular flexibility index (Phi) is 3.75. The normalized spacial score (nSPS) is 15.3. The number of hydrogen-bond acceptors (Lipinski definition) is 2. The highest BCUT2D eigenvalue weighted by Gasteiger charge is 2.17. The van der Waals surface area contributed by atoms with Crippen molar-refractivity contribution in [3.05, 3.63) is 64.7 Å². The molecule has 0 saturated carbocycles. The molecule has 0 bridgehead atoms. The van der Waals surface area contributed by atoms with Gasteiger partial charge < -0.3 is 10.1 Å². The lowest BCUT2D eigenvalue weighted by atomic mass is 9.92. The molecule has 2 aromatic rings. The molecule has 0 fully saturated rings. The fourth-order valence-electron chi connectivity index (χ4n) is 2.97. The highest BCUT2D eigenvalue weighted by Crippen LogP contribution is 2.31. The Morgan fingerprint density at radius 2 is 2.00 bits per heavy atom. The maximum absolute atomic E-state index is 5.70. The minimum atomic E-state index is 0.239. The molecule has 20 heavy (non-hydrogen) atoms. The van der Waals surface area contributed by atoms with Gasteiger partial charge in [0.2, 0.25) is 0 Å². The summed E-state index contributed by atoms with van der Waals surface area (Å²) < 4.78 is 5.70. The van der Waals surface area contributed by atoms with E-state index in [2.05, 4.69) is 54.7 Å². The van der Waals surface area contributed by atoms with Crippen LogP contribution in [0.5, 0.6) is 5.75 Å². The number of ether oxygens (including phenoxy) is 1. The van der Waals surface area contributed by atoms with E-state index in [-0.39, 0.29) is 6.04 Å². The lowest BCUT2D eigenvalue weighted by Gasteiger charge is -2.23. The van der Waals surface area contributed by atoms with Gasteiger partial charge in [-0.2, -0.15) is 0 Å². The van der Waals surface area contributed by atoms with E-state index in [9.17, 15) is 0 Å². The van der Waals surface area contributed by atoms with Crippen LogP contribution >= 0.6 is 0 Å². The maximum atomic E-state index is 5.70. The van der Waals surface area contributed by atoms with Crippen LogP contribution in [0.2, 0.25) is 0 Å². The largest absolute Gasteiger partial charge is 0.493 e. The molecule has 2 heteroatoms. The van der Waals surface area contributed by atoms with Crippen LogP contribution in [0.25, 0.3) is 0 Å². The fraction of sp³-hybridized carbons (Fsp3) is 0.333. The molecule has 0 saturated heterocycles. The van der Waals surface area contributed by atoms with E-state index in [4.69, 9.17) is 4.74 Å². The van der Waals surface area contributed by atoms with Crippen LogP contribution in [0.15, 0.2) is 42.5 Å². The molecule has 1 unspecified atom stereocenters. The predicted molar refractivity (Wildman–Crippen MR) is 82.3 cm³/mol. The Hall–Kier alpha value is -1.80. The van der Waals surface area contributed by atoms with E-state index in [1.807, 2.05) is 7.05 Å². The summed E-state index contributed by atoms with van der Waals surface area (Å²) in [5.74, 6) is 1.06. The first-order chi connectivity index (χ1) is 9.79. The molecule has 104 valence electrons. The minimum absolute atomic E-state index is 0.239. The van der Waals surface area contributed by atoms with Gasteiger partial charge in [0.1, 0.15) is 5.75 Å². The maximum Gasteiger partial charge on any atom is 0.122 e. The monoisotopic (exact) mass is 267 g/mol. The number of benzene rings is 2. The zero-order chi connectivity index (χ0) is 13.9. The third kappa shape index (κ3) is 2.44. The van der Waals surface area contributed by atoms with Crippen LogP contribution in [0.1, 0.15) is 34.7 Å². The average molecular weight is 267 g/mol. The van der Waals surface area contributed by atoms with E-state index in [0.29, 0.717) is 0 Å². The van der Waals surface area contributed by atoms with Gasteiger partial charge in [0.15, 0.2) is 0 Å². The summed E-state index contributed by atoms with van der Waals surface area (Å²) in [5.41, 5.74) is 5.31. The van der Waals surface area contributed by atoms with Crippen LogP contribution in [-0.4, -0.2) is 13.7 Å². The summed E-state index contributed by atoms with van der Waals surface area (Å²) in [6.45, 7) is 3.01. The molecule has 2 nitrogen and oxygen atoms in total. The lowest BCUT2D eigenvalue weighted by molar-refractivity contribution is 0.288. The smallest absolute Gasteiger partial charge is 0.122 e. The van der Waals surface area contributed by atoms with Crippen LogP contribution < -0.4 is 10.1 Å². The van der Waals surface area contributed by atoms with Crippen molar-refractivity contribution in [2.75, 3.05) is 13.7 Å². The second-order valence-electron chi connectivity index (χ2n) is 5.40. The standard InChI is InChI=1S/C18H21NO/c1-13-6-3-4-8-16(13)18(19-2)15-9-10-17-14(12-15)7-5-11-20-17/h3-4,6,8-10,12,18-19H,5,7,11H2,1-2H3. The Balaban J connectivity index is 1.99. The Morgan fingerprint density at radius 3 is 2.80 bits per heavy atom. The average Bonchev–Trinajstić information content (AvgIpc) is 2.50. The number of fused-ring (bicyclic) bond motifs is 1. The van der Waals surface area contributed by atoms with Gasteiger partial charge in [-0.15, -0.1) is 0 Å². The van der Waals surface area contributed by atoms with E-state index >= 15 is 0 Å². The SMILES string of the molecule is CNC(c1ccc2c(c1)CCCO2)c1ccccc1C. The lowest BCUT2D eigenvalue weighted by Crippen LogP contribution is -2.19. The first-order valence-electron chi connectivity index (χ1n) is 7.28. The number of rotatable bonds is 3. The summed E-state index contributed by atoms with van der Waals surface area (Å²) in [7, 11) is 2.02. The quantitative estimate of drug-likeness (QED) is 0.917. The second-order valence-corrected chi connectivity index (χ2v) is 5.40. The van der Waals surface area contributed by atoms with Gasteiger partial charge in [-0.1, -0.05) is 36.4 Å². The molecule has 1 N–H and O–H groups in total. The predicted octanol–water partition coefficient (Wildman–Crippen LogP) is 3.63. The summed E-state index contributed by atoms with van der Waals surface area (Å²) in [4.78, 5) is 0. The second kappa shape index (κ2) is 5.68. The van der Waals surface area contributed by atoms with E-state index in [1.165, 1.54) is 22.3 Å². The molecular weight excluding hydrogens is 246 g/mol. The van der Waals surface area contributed by atoms with Gasteiger partial charge in [-0.05, 0) is 55.1 Å². The third-order valence-electron chi connectivity index (χ3n) is 4.05. The van der Waals surface area contributed by atoms with Crippen molar-refractivity contribution in [3.63, 3.8) is 0 Å². The van der Waals surface area contributed by atoms with Crippen molar-refractivity contribution in [2.45, 2.75) is 25.8 Å². The van der Waals surface area contributed by atoms with Crippen LogP contribution in [0.4, 0.5) is 0 Å². The first kappa shape index (κ1) is 13.2. The molecule has 1 aliphatic rings. The summed E-state index contributed by atoms with van der Waals surface area (Å²) >= 11 is 0. The first-order valence-corrected chi connectivity index (χ1v) is 7.28. The van der Waals surface area contributed by atoms with Gasteiger partial charge in [-0.25, -0.2) is 0 Å². The van der Waals surface area contributed by atoms with Crippen molar-refractivity contribution < 1.29 is 4.74 Å². The molecule has 2 aromatic carbocycles. The summed E-state index contributed by atoms with van der Waals surface area (Å²) in [6, 6.07) is 15.4. The Labute approximate surface area is 120 Å². The molecule has 0 amide bonds. The fourth-order valence-corrected chi connectivity index (χ4v) is 2.97. The summed E-state index contributed by atoms with van der Waals surface area (Å²) in [6.07, 6.45) is 2.23. The molecule has 1 heterocycles. The molecular formula is C18H21NO. The van der Waals surface area contributed by atoms with Gasteiger partial charge >= 0.3 is 0 Å². The van der Waals surface area contributed by atoms with Crippen molar-refractivity contribution in [1.29, 1.82) is 0 Å². The minimum Gasteiger partial charge on any atom is -0.493 e. The van der Waals surface area contributed by atoms with E-state index in [0.717, 1.165) is 25.2 Å². The van der Waals surface area contributed by atoms with Crippen molar-refractivity contribution in [1.82, 2.24) is 5.32 Å². The molecule has 0 radical (unpaired) electrons. The van der Waals surface area contributed by atoms with Gasteiger partial charge in [-0.3, -0.25) is 0 Å². The number of nitrogens with one attached hydrogen (secondary N) is 1. The van der Waals surface area contributed by atoms with Gasteiger partial charge in [0.25, 0.3) is 0 Å². The van der Waals surface area contributed by atoms with Gasteiger partial charge in [0, 0.05) is 0 Å². The van der Waals surface area contributed by atoms with E-state index < -0.39 is 0 Å². The Morgan fingerprint density at radius 1 is 1.15 bits per heavy atom. The third-order valence-corrected chi connectivity index (χ3v) is 4.05. The topological polar surface area (TPSA) is 21.3 Å².